The molecule has 1 aromatic carbocycles. The molecule has 0 saturated carbocycles. The van der Waals surface area contributed by atoms with Crippen LogP contribution in [0.5, 0.6) is 0 Å². The molecule has 0 spiro atoms. The summed E-state index contributed by atoms with van der Waals surface area (Å²) in [5.74, 6) is -0.881. The fourth-order valence-corrected chi connectivity index (χ4v) is 4.66. The SMILES string of the molecule is CC(CCN)NCCCCNc1cc(F)c(S(=O)(=O)Nc2nccs2)cc1Cl. The van der Waals surface area contributed by atoms with Crippen molar-refractivity contribution in [3.05, 3.63) is 34.5 Å². The highest BCUT2D eigenvalue weighted by molar-refractivity contribution is 7.93. The van der Waals surface area contributed by atoms with E-state index in [0.717, 1.165) is 49.3 Å². The van der Waals surface area contributed by atoms with Crippen LogP contribution >= 0.6 is 22.9 Å². The number of nitrogens with one attached hydrogen (secondary N) is 3. The zero-order valence-electron chi connectivity index (χ0n) is 15.5. The van der Waals surface area contributed by atoms with E-state index in [1.807, 2.05) is 0 Å². The first kappa shape index (κ1) is 22.8. The van der Waals surface area contributed by atoms with E-state index < -0.39 is 20.7 Å². The number of sulfonamides is 1. The first-order valence-corrected chi connectivity index (χ1v) is 11.7. The number of hydrogen-bond donors (Lipinski definition) is 4. The second-order valence-electron chi connectivity index (χ2n) is 6.27. The van der Waals surface area contributed by atoms with Gasteiger partial charge in [0, 0.05) is 24.2 Å². The highest BCUT2D eigenvalue weighted by Gasteiger charge is 2.22. The van der Waals surface area contributed by atoms with Crippen LogP contribution in [0.15, 0.2) is 28.6 Å². The van der Waals surface area contributed by atoms with Gasteiger partial charge < -0.3 is 16.4 Å². The molecule has 0 aliphatic rings. The smallest absolute Gasteiger partial charge is 0.266 e. The number of hydrogen-bond acceptors (Lipinski definition) is 7. The lowest BCUT2D eigenvalue weighted by Gasteiger charge is -2.13. The lowest BCUT2D eigenvalue weighted by atomic mass is 10.2. The number of nitrogens with zero attached hydrogens (tertiary/aromatic N) is 1. The first-order valence-electron chi connectivity index (χ1n) is 8.92. The number of benzene rings is 1. The number of rotatable bonds is 12. The van der Waals surface area contributed by atoms with Crippen molar-refractivity contribution in [2.24, 2.45) is 5.73 Å². The molecule has 5 N–H and O–H groups in total. The predicted octanol–water partition coefficient (Wildman–Crippen LogP) is 3.26. The monoisotopic (exact) mass is 449 g/mol. The molecular weight excluding hydrogens is 425 g/mol. The second kappa shape index (κ2) is 10.9. The number of thiazole rings is 1. The third-order valence-electron chi connectivity index (χ3n) is 3.98. The van der Waals surface area contributed by atoms with Gasteiger partial charge in [0.1, 0.15) is 10.7 Å². The maximum absolute atomic E-state index is 14.4. The van der Waals surface area contributed by atoms with Crippen molar-refractivity contribution in [3.63, 3.8) is 0 Å². The first-order chi connectivity index (χ1) is 13.3. The zero-order valence-corrected chi connectivity index (χ0v) is 17.9. The number of nitrogens with two attached hydrogens (primary N) is 1. The maximum Gasteiger partial charge on any atom is 0.266 e. The Balaban J connectivity index is 1.89. The van der Waals surface area contributed by atoms with Gasteiger partial charge in [0.2, 0.25) is 0 Å². The van der Waals surface area contributed by atoms with E-state index in [1.54, 1.807) is 5.38 Å². The third-order valence-corrected chi connectivity index (χ3v) is 6.46. The average Bonchev–Trinajstić information content (AvgIpc) is 3.12. The number of anilines is 2. The molecule has 28 heavy (non-hydrogen) atoms. The molecule has 11 heteroatoms. The molecule has 2 aromatic rings. The predicted molar refractivity (Wildman–Crippen MR) is 113 cm³/mol. The van der Waals surface area contributed by atoms with Crippen LogP contribution in [-0.4, -0.2) is 39.1 Å². The van der Waals surface area contributed by atoms with Crippen LogP contribution in [0.4, 0.5) is 15.2 Å². The van der Waals surface area contributed by atoms with Crippen molar-refractivity contribution in [3.8, 4) is 0 Å². The van der Waals surface area contributed by atoms with Gasteiger partial charge in [-0.15, -0.1) is 11.3 Å². The Labute approximate surface area is 173 Å². The van der Waals surface area contributed by atoms with E-state index in [9.17, 15) is 12.8 Å². The average molecular weight is 450 g/mol. The van der Waals surface area contributed by atoms with Crippen molar-refractivity contribution in [2.45, 2.75) is 37.1 Å². The van der Waals surface area contributed by atoms with E-state index in [1.165, 1.54) is 6.20 Å². The lowest BCUT2D eigenvalue weighted by Crippen LogP contribution is -2.29. The van der Waals surface area contributed by atoms with Crippen LogP contribution in [0.3, 0.4) is 0 Å². The quantitative estimate of drug-likeness (QED) is 0.370. The summed E-state index contributed by atoms with van der Waals surface area (Å²) >= 11 is 7.25. The van der Waals surface area contributed by atoms with Crippen molar-refractivity contribution in [2.75, 3.05) is 29.7 Å². The highest BCUT2D eigenvalue weighted by Crippen LogP contribution is 2.29. The van der Waals surface area contributed by atoms with Gasteiger partial charge in [-0.25, -0.2) is 17.8 Å². The topological polar surface area (TPSA) is 109 Å². The van der Waals surface area contributed by atoms with Crippen LogP contribution in [0.2, 0.25) is 5.02 Å². The third kappa shape index (κ3) is 6.85. The van der Waals surface area contributed by atoms with Crippen molar-refractivity contribution < 1.29 is 12.8 Å². The van der Waals surface area contributed by atoms with Crippen molar-refractivity contribution in [1.82, 2.24) is 10.3 Å². The molecule has 1 unspecified atom stereocenters. The van der Waals surface area contributed by atoms with Gasteiger partial charge in [-0.1, -0.05) is 11.6 Å². The minimum atomic E-state index is -4.11. The van der Waals surface area contributed by atoms with Gasteiger partial charge in [-0.3, -0.25) is 4.72 Å². The van der Waals surface area contributed by atoms with Gasteiger partial charge in [0.05, 0.1) is 10.7 Å². The Bertz CT molecular complexity index is 849. The summed E-state index contributed by atoms with van der Waals surface area (Å²) in [6.07, 6.45) is 4.17. The van der Waals surface area contributed by atoms with Crippen molar-refractivity contribution >= 4 is 43.8 Å². The largest absolute Gasteiger partial charge is 0.384 e. The molecule has 0 radical (unpaired) electrons. The molecule has 2 rings (SSSR count). The van der Waals surface area contributed by atoms with E-state index in [0.29, 0.717) is 24.8 Å². The maximum atomic E-state index is 14.4. The molecular formula is C17H25ClFN5O2S2. The number of halogens is 2. The molecule has 0 amide bonds. The molecule has 7 nitrogen and oxygen atoms in total. The van der Waals surface area contributed by atoms with Crippen LogP contribution in [0.25, 0.3) is 0 Å². The summed E-state index contributed by atoms with van der Waals surface area (Å²) < 4.78 is 41.3. The van der Waals surface area contributed by atoms with Crippen LogP contribution in [0.1, 0.15) is 26.2 Å². The molecule has 0 fully saturated rings. The number of unbranched alkanes of at least 4 members (excludes halogenated alkanes) is 1. The summed E-state index contributed by atoms with van der Waals surface area (Å²) in [6, 6.07) is 2.58. The van der Waals surface area contributed by atoms with Gasteiger partial charge in [-0.2, -0.15) is 0 Å². The molecule has 1 aromatic heterocycles. The fraction of sp³-hybridized carbons (Fsp3) is 0.471. The van der Waals surface area contributed by atoms with Gasteiger partial charge in [-0.05, 0) is 51.4 Å². The summed E-state index contributed by atoms with van der Waals surface area (Å²) in [5, 5.41) is 8.33. The van der Waals surface area contributed by atoms with Crippen molar-refractivity contribution in [1.29, 1.82) is 0 Å². The Kier molecular flexibility index (Phi) is 8.90. The summed E-state index contributed by atoms with van der Waals surface area (Å²) in [7, 11) is -4.11. The molecule has 0 bridgehead atoms. The standard InChI is InChI=1S/C17H25ClFN5O2S2/c1-12(4-5-20)21-6-2-3-7-22-15-11-14(19)16(10-13(15)18)28(25,26)24-17-23-8-9-27-17/h8-12,21-22H,2-7,20H2,1H3,(H,23,24). The summed E-state index contributed by atoms with van der Waals surface area (Å²) in [5.41, 5.74) is 5.86. The molecule has 0 aliphatic carbocycles. The Morgan fingerprint density at radius 1 is 1.32 bits per heavy atom. The Morgan fingerprint density at radius 3 is 2.75 bits per heavy atom. The zero-order chi connectivity index (χ0) is 20.6. The minimum Gasteiger partial charge on any atom is -0.384 e. The van der Waals surface area contributed by atoms with Crippen LogP contribution in [-0.2, 0) is 10.0 Å². The van der Waals surface area contributed by atoms with Crippen LogP contribution < -0.4 is 21.1 Å². The van der Waals surface area contributed by atoms with E-state index in [2.05, 4.69) is 27.3 Å². The normalized spacial score (nSPS) is 12.7. The molecule has 156 valence electrons. The Hall–Kier alpha value is -1.46. The van der Waals surface area contributed by atoms with Gasteiger partial charge in [0.25, 0.3) is 10.0 Å². The van der Waals surface area contributed by atoms with Gasteiger partial charge in [0.15, 0.2) is 5.13 Å². The molecule has 0 aliphatic heterocycles. The summed E-state index contributed by atoms with van der Waals surface area (Å²) in [4.78, 5) is 3.31. The molecule has 1 atom stereocenters. The van der Waals surface area contributed by atoms with Gasteiger partial charge >= 0.3 is 0 Å². The molecule has 1 heterocycles. The minimum absolute atomic E-state index is 0.135. The molecule has 0 saturated heterocycles. The summed E-state index contributed by atoms with van der Waals surface area (Å²) in [6.45, 7) is 4.21. The van der Waals surface area contributed by atoms with Crippen LogP contribution in [0, 0.1) is 5.82 Å². The lowest BCUT2D eigenvalue weighted by molar-refractivity contribution is 0.507. The van der Waals surface area contributed by atoms with E-state index in [4.69, 9.17) is 17.3 Å². The fourth-order valence-electron chi connectivity index (χ4n) is 2.49. The number of aromatic nitrogens is 1. The second-order valence-corrected chi connectivity index (χ2v) is 9.22. The van der Waals surface area contributed by atoms with E-state index >= 15 is 0 Å². The van der Waals surface area contributed by atoms with E-state index in [-0.39, 0.29) is 10.2 Å². The Morgan fingerprint density at radius 2 is 2.07 bits per heavy atom. The highest BCUT2D eigenvalue weighted by atomic mass is 35.5.